The van der Waals surface area contributed by atoms with Crippen molar-refractivity contribution < 1.29 is 14.3 Å². The Morgan fingerprint density at radius 1 is 0.944 bits per heavy atom. The van der Waals surface area contributed by atoms with E-state index in [2.05, 4.69) is 5.32 Å². The number of aryl methyl sites for hydroxylation is 1. The Morgan fingerprint density at radius 3 is 2.44 bits per heavy atom. The number of amides is 1. The van der Waals surface area contributed by atoms with E-state index in [1.54, 1.807) is 31.4 Å². The zero-order valence-corrected chi connectivity index (χ0v) is 21.1. The summed E-state index contributed by atoms with van der Waals surface area (Å²) in [6.45, 7) is 0.874. The van der Waals surface area contributed by atoms with Crippen LogP contribution in [-0.4, -0.2) is 34.9 Å². The van der Waals surface area contributed by atoms with Crippen LogP contribution in [0.2, 0.25) is 5.02 Å². The van der Waals surface area contributed by atoms with Gasteiger partial charge in [0.1, 0.15) is 11.6 Å². The number of imidazole rings is 1. The normalized spacial score (nSPS) is 10.9. The number of aromatic nitrogens is 2. The SMILES string of the molecule is COc1ccc(CC(=O)NCCCCCc2nc3ccccc3n2CC(=O)c2ccc(Cl)cc2)cc1. The van der Waals surface area contributed by atoms with Crippen molar-refractivity contribution in [1.29, 1.82) is 0 Å². The van der Waals surface area contributed by atoms with Gasteiger partial charge in [0.15, 0.2) is 5.78 Å². The molecule has 1 amide bonds. The highest BCUT2D eigenvalue weighted by Crippen LogP contribution is 2.19. The molecule has 186 valence electrons. The lowest BCUT2D eigenvalue weighted by Gasteiger charge is -2.09. The molecule has 0 unspecified atom stereocenters. The predicted molar refractivity (Wildman–Crippen MR) is 143 cm³/mol. The van der Waals surface area contributed by atoms with Gasteiger partial charge in [0.05, 0.1) is 31.1 Å². The molecule has 0 saturated carbocycles. The molecule has 6 nitrogen and oxygen atoms in total. The Morgan fingerprint density at radius 2 is 1.69 bits per heavy atom. The molecule has 0 fully saturated rings. The Labute approximate surface area is 216 Å². The first-order chi connectivity index (χ1) is 17.5. The number of fused-ring (bicyclic) bond motifs is 1. The van der Waals surface area contributed by atoms with Gasteiger partial charge in [0.2, 0.25) is 5.91 Å². The summed E-state index contributed by atoms with van der Waals surface area (Å²) in [4.78, 5) is 29.9. The van der Waals surface area contributed by atoms with Crippen LogP contribution in [0, 0.1) is 0 Å². The van der Waals surface area contributed by atoms with Gasteiger partial charge < -0.3 is 14.6 Å². The summed E-state index contributed by atoms with van der Waals surface area (Å²) in [5, 5.41) is 3.60. The van der Waals surface area contributed by atoms with Crippen LogP contribution >= 0.6 is 11.6 Å². The molecule has 1 heterocycles. The van der Waals surface area contributed by atoms with Crippen molar-refractivity contribution in [3.63, 3.8) is 0 Å². The molecule has 4 rings (SSSR count). The fourth-order valence-electron chi connectivity index (χ4n) is 4.17. The third-order valence-corrected chi connectivity index (χ3v) is 6.38. The van der Waals surface area contributed by atoms with E-state index in [0.717, 1.165) is 53.9 Å². The number of carbonyl (C=O) groups is 2. The van der Waals surface area contributed by atoms with Crippen LogP contribution in [0.4, 0.5) is 0 Å². The average molecular weight is 504 g/mol. The summed E-state index contributed by atoms with van der Waals surface area (Å²) in [5.41, 5.74) is 3.44. The zero-order chi connectivity index (χ0) is 25.3. The molecule has 0 aliphatic carbocycles. The van der Waals surface area contributed by atoms with Gasteiger partial charge in [-0.2, -0.15) is 0 Å². The number of nitrogens with zero attached hydrogens (tertiary/aromatic N) is 2. The molecule has 0 aliphatic rings. The van der Waals surface area contributed by atoms with Crippen LogP contribution in [-0.2, 0) is 24.2 Å². The summed E-state index contributed by atoms with van der Waals surface area (Å²) in [7, 11) is 1.62. The van der Waals surface area contributed by atoms with Crippen LogP contribution in [0.1, 0.15) is 41.0 Å². The largest absolute Gasteiger partial charge is 0.497 e. The molecular weight excluding hydrogens is 474 g/mol. The Hall–Kier alpha value is -3.64. The maximum atomic E-state index is 12.9. The topological polar surface area (TPSA) is 73.2 Å². The Bertz CT molecular complexity index is 1310. The molecule has 0 atom stereocenters. The van der Waals surface area contributed by atoms with Crippen molar-refractivity contribution in [3.8, 4) is 5.75 Å². The minimum atomic E-state index is 0.0164. The van der Waals surface area contributed by atoms with Crippen molar-refractivity contribution in [2.45, 2.75) is 38.6 Å². The van der Waals surface area contributed by atoms with E-state index in [1.165, 1.54) is 0 Å². The zero-order valence-electron chi connectivity index (χ0n) is 20.4. The van der Waals surface area contributed by atoms with Crippen LogP contribution in [0.15, 0.2) is 72.8 Å². The first-order valence-electron chi connectivity index (χ1n) is 12.2. The van der Waals surface area contributed by atoms with Crippen molar-refractivity contribution in [2.75, 3.05) is 13.7 Å². The molecule has 0 aliphatic heterocycles. The van der Waals surface area contributed by atoms with Gasteiger partial charge in [0.25, 0.3) is 0 Å². The number of hydrogen-bond acceptors (Lipinski definition) is 4. The number of carbonyl (C=O) groups excluding carboxylic acids is 2. The highest BCUT2D eigenvalue weighted by molar-refractivity contribution is 6.30. The maximum Gasteiger partial charge on any atom is 0.224 e. The lowest BCUT2D eigenvalue weighted by Crippen LogP contribution is -2.26. The predicted octanol–water partition coefficient (Wildman–Crippen LogP) is 5.65. The Kier molecular flexibility index (Phi) is 8.74. The lowest BCUT2D eigenvalue weighted by molar-refractivity contribution is -0.120. The van der Waals surface area contributed by atoms with Gasteiger partial charge in [-0.1, -0.05) is 42.3 Å². The smallest absolute Gasteiger partial charge is 0.224 e. The van der Waals surface area contributed by atoms with Crippen molar-refractivity contribution in [1.82, 2.24) is 14.9 Å². The van der Waals surface area contributed by atoms with Gasteiger partial charge in [0, 0.05) is 23.6 Å². The summed E-state index contributed by atoms with van der Waals surface area (Å²) < 4.78 is 7.17. The van der Waals surface area contributed by atoms with E-state index in [-0.39, 0.29) is 18.2 Å². The van der Waals surface area contributed by atoms with E-state index in [0.29, 0.717) is 23.6 Å². The summed E-state index contributed by atoms with van der Waals surface area (Å²) in [5.74, 6) is 1.72. The minimum Gasteiger partial charge on any atom is -0.497 e. The molecule has 0 bridgehead atoms. The number of para-hydroxylation sites is 2. The number of methoxy groups -OCH3 is 1. The number of nitrogens with one attached hydrogen (secondary N) is 1. The van der Waals surface area contributed by atoms with Gasteiger partial charge in [-0.15, -0.1) is 0 Å². The van der Waals surface area contributed by atoms with E-state index < -0.39 is 0 Å². The first-order valence-corrected chi connectivity index (χ1v) is 12.5. The highest BCUT2D eigenvalue weighted by atomic mass is 35.5. The standard InChI is InChI=1S/C29H30ClN3O3/c1-36-24-16-10-21(11-17-24)19-29(35)31-18-6-2-3-9-28-32-25-7-4-5-8-26(25)33(28)20-27(34)22-12-14-23(30)15-13-22/h4-5,7-8,10-17H,2-3,6,9,18-20H2,1H3,(H,31,35). The quantitative estimate of drug-likeness (QED) is 0.200. The number of ether oxygens (including phenoxy) is 1. The summed E-state index contributed by atoms with van der Waals surface area (Å²) in [6, 6.07) is 22.4. The molecule has 4 aromatic rings. The molecular formula is C29H30ClN3O3. The van der Waals surface area contributed by atoms with Crippen LogP contribution < -0.4 is 10.1 Å². The molecule has 3 aromatic carbocycles. The summed E-state index contributed by atoms with van der Waals surface area (Å²) in [6.07, 6.45) is 3.89. The summed E-state index contributed by atoms with van der Waals surface area (Å²) >= 11 is 5.97. The van der Waals surface area contributed by atoms with Gasteiger partial charge >= 0.3 is 0 Å². The van der Waals surface area contributed by atoms with E-state index in [9.17, 15) is 9.59 Å². The molecule has 0 spiro atoms. The molecule has 0 radical (unpaired) electrons. The number of Topliss-reactive ketones (excluding diaryl/α,β-unsaturated/α-hetero) is 1. The fourth-order valence-corrected chi connectivity index (χ4v) is 4.29. The van der Waals surface area contributed by atoms with Crippen molar-refractivity contribution in [3.05, 3.63) is 94.8 Å². The number of hydrogen-bond donors (Lipinski definition) is 1. The van der Waals surface area contributed by atoms with E-state index >= 15 is 0 Å². The van der Waals surface area contributed by atoms with Crippen LogP contribution in [0.5, 0.6) is 5.75 Å². The fraction of sp³-hybridized carbons (Fsp3) is 0.276. The van der Waals surface area contributed by atoms with Gasteiger partial charge in [-0.3, -0.25) is 9.59 Å². The third kappa shape index (κ3) is 6.73. The monoisotopic (exact) mass is 503 g/mol. The number of ketones is 1. The minimum absolute atomic E-state index is 0.0164. The van der Waals surface area contributed by atoms with Crippen molar-refractivity contribution >= 4 is 34.3 Å². The van der Waals surface area contributed by atoms with Crippen molar-refractivity contribution in [2.24, 2.45) is 0 Å². The number of halogens is 1. The van der Waals surface area contributed by atoms with Gasteiger partial charge in [-0.25, -0.2) is 4.98 Å². The molecule has 7 heteroatoms. The number of unbranched alkanes of at least 4 members (excludes halogenated alkanes) is 2. The average Bonchev–Trinajstić information content (AvgIpc) is 3.24. The number of benzene rings is 3. The van der Waals surface area contributed by atoms with E-state index in [1.807, 2.05) is 53.1 Å². The first kappa shape index (κ1) is 25.5. The van der Waals surface area contributed by atoms with Gasteiger partial charge in [-0.05, 0) is 66.9 Å². The highest BCUT2D eigenvalue weighted by Gasteiger charge is 2.15. The molecule has 36 heavy (non-hydrogen) atoms. The molecule has 1 aromatic heterocycles. The number of rotatable bonds is 12. The van der Waals surface area contributed by atoms with Crippen LogP contribution in [0.25, 0.3) is 11.0 Å². The van der Waals surface area contributed by atoms with Crippen LogP contribution in [0.3, 0.4) is 0 Å². The second-order valence-electron chi connectivity index (χ2n) is 8.72. The maximum absolute atomic E-state index is 12.9. The second kappa shape index (κ2) is 12.4. The Balaban J connectivity index is 1.27. The molecule has 0 saturated heterocycles. The lowest BCUT2D eigenvalue weighted by atomic mass is 10.1. The van der Waals surface area contributed by atoms with E-state index in [4.69, 9.17) is 21.3 Å². The molecule has 1 N–H and O–H groups in total. The third-order valence-electron chi connectivity index (χ3n) is 6.12. The second-order valence-corrected chi connectivity index (χ2v) is 9.15.